The van der Waals surface area contributed by atoms with E-state index < -0.39 is 0 Å². The first kappa shape index (κ1) is 11.1. The van der Waals surface area contributed by atoms with Crippen LogP contribution in [0.5, 0.6) is 0 Å². The van der Waals surface area contributed by atoms with E-state index >= 15 is 0 Å². The third-order valence-electron chi connectivity index (χ3n) is 2.97. The predicted octanol–water partition coefficient (Wildman–Crippen LogP) is -0.569. The van der Waals surface area contributed by atoms with Gasteiger partial charge in [0.2, 0.25) is 5.91 Å². The molecule has 6 heteroatoms. The Morgan fingerprint density at radius 2 is 2.56 bits per heavy atom. The molecule has 1 amide bonds. The molecule has 2 heterocycles. The zero-order valence-electron chi connectivity index (χ0n) is 9.66. The van der Waals surface area contributed by atoms with Crippen molar-refractivity contribution in [1.82, 2.24) is 25.4 Å². The summed E-state index contributed by atoms with van der Waals surface area (Å²) in [6.07, 6.45) is 2.51. The molecule has 1 aromatic heterocycles. The number of hydrogen-bond donors (Lipinski definition) is 2. The molecule has 0 aromatic carbocycles. The molecule has 1 unspecified atom stereocenters. The average Bonchev–Trinajstić information content (AvgIpc) is 2.85. The standard InChI is InChI=1S/C10H17N5O/c1-10(3-4-11-6-10)9(16)12-5-8-13-7-15(2)14-8/h7,11H,3-6H2,1-2H3,(H,12,16). The molecule has 1 fully saturated rings. The van der Waals surface area contributed by atoms with Crippen molar-refractivity contribution in [2.24, 2.45) is 12.5 Å². The van der Waals surface area contributed by atoms with Gasteiger partial charge in [0.25, 0.3) is 0 Å². The van der Waals surface area contributed by atoms with Crippen LogP contribution in [0.3, 0.4) is 0 Å². The summed E-state index contributed by atoms with van der Waals surface area (Å²) in [7, 11) is 1.81. The smallest absolute Gasteiger partial charge is 0.227 e. The van der Waals surface area contributed by atoms with E-state index in [2.05, 4.69) is 20.7 Å². The van der Waals surface area contributed by atoms with Crippen LogP contribution in [0.1, 0.15) is 19.2 Å². The normalized spacial score (nSPS) is 24.6. The predicted molar refractivity (Wildman–Crippen MR) is 58.4 cm³/mol. The van der Waals surface area contributed by atoms with Gasteiger partial charge in [0.15, 0.2) is 5.82 Å². The second-order valence-electron chi connectivity index (χ2n) is 4.50. The highest BCUT2D eigenvalue weighted by atomic mass is 16.2. The van der Waals surface area contributed by atoms with E-state index in [1.54, 1.807) is 18.1 Å². The topological polar surface area (TPSA) is 71.8 Å². The van der Waals surface area contributed by atoms with Crippen LogP contribution < -0.4 is 10.6 Å². The van der Waals surface area contributed by atoms with Gasteiger partial charge in [-0.3, -0.25) is 9.48 Å². The van der Waals surface area contributed by atoms with Crippen molar-refractivity contribution in [2.45, 2.75) is 19.9 Å². The molecule has 1 atom stereocenters. The Morgan fingerprint density at radius 3 is 3.12 bits per heavy atom. The number of carbonyl (C=O) groups excluding carboxylic acids is 1. The molecule has 0 saturated carbocycles. The van der Waals surface area contributed by atoms with Gasteiger partial charge in [-0.15, -0.1) is 0 Å². The van der Waals surface area contributed by atoms with Crippen molar-refractivity contribution >= 4 is 5.91 Å². The van der Waals surface area contributed by atoms with E-state index in [1.165, 1.54) is 0 Å². The molecule has 2 rings (SSSR count). The first-order valence-electron chi connectivity index (χ1n) is 5.44. The highest BCUT2D eigenvalue weighted by Gasteiger charge is 2.35. The van der Waals surface area contributed by atoms with Crippen molar-refractivity contribution in [3.8, 4) is 0 Å². The molecule has 88 valence electrons. The van der Waals surface area contributed by atoms with Gasteiger partial charge >= 0.3 is 0 Å². The fraction of sp³-hybridized carbons (Fsp3) is 0.700. The van der Waals surface area contributed by atoms with Crippen LogP contribution >= 0.6 is 0 Å². The van der Waals surface area contributed by atoms with Gasteiger partial charge in [-0.2, -0.15) is 5.10 Å². The van der Waals surface area contributed by atoms with E-state index in [0.29, 0.717) is 12.4 Å². The summed E-state index contributed by atoms with van der Waals surface area (Å²) >= 11 is 0. The molecule has 0 aliphatic carbocycles. The van der Waals surface area contributed by atoms with Gasteiger partial charge in [0.1, 0.15) is 6.33 Å². The number of hydrogen-bond acceptors (Lipinski definition) is 4. The summed E-state index contributed by atoms with van der Waals surface area (Å²) in [4.78, 5) is 16.0. The Kier molecular flexibility index (Phi) is 2.91. The molecule has 0 radical (unpaired) electrons. The van der Waals surface area contributed by atoms with Crippen LogP contribution in [0.4, 0.5) is 0 Å². The Morgan fingerprint density at radius 1 is 1.75 bits per heavy atom. The molecule has 1 aromatic rings. The summed E-state index contributed by atoms with van der Waals surface area (Å²) in [5.74, 6) is 0.718. The van der Waals surface area contributed by atoms with E-state index in [9.17, 15) is 4.79 Å². The number of amides is 1. The zero-order valence-corrected chi connectivity index (χ0v) is 9.66. The molecule has 16 heavy (non-hydrogen) atoms. The molecule has 6 nitrogen and oxygen atoms in total. The number of aryl methyl sites for hydroxylation is 1. The fourth-order valence-electron chi connectivity index (χ4n) is 1.85. The second-order valence-corrected chi connectivity index (χ2v) is 4.50. The fourth-order valence-corrected chi connectivity index (χ4v) is 1.85. The van der Waals surface area contributed by atoms with Gasteiger partial charge in [-0.25, -0.2) is 4.98 Å². The number of aromatic nitrogens is 3. The summed E-state index contributed by atoms with van der Waals surface area (Å²) in [5.41, 5.74) is -0.283. The number of carbonyl (C=O) groups is 1. The van der Waals surface area contributed by atoms with Crippen LogP contribution in [0, 0.1) is 5.41 Å². The summed E-state index contributed by atoms with van der Waals surface area (Å²) < 4.78 is 1.63. The molecular formula is C10H17N5O. The van der Waals surface area contributed by atoms with Crippen LogP contribution in [0.25, 0.3) is 0 Å². The third-order valence-corrected chi connectivity index (χ3v) is 2.97. The maximum Gasteiger partial charge on any atom is 0.227 e. The number of nitrogens with zero attached hydrogens (tertiary/aromatic N) is 3. The number of rotatable bonds is 3. The molecule has 0 spiro atoms. The zero-order chi connectivity index (χ0) is 11.6. The molecule has 1 aliphatic rings. The van der Waals surface area contributed by atoms with Crippen molar-refractivity contribution in [3.63, 3.8) is 0 Å². The van der Waals surface area contributed by atoms with E-state index in [4.69, 9.17) is 0 Å². The van der Waals surface area contributed by atoms with Crippen LogP contribution in [-0.4, -0.2) is 33.8 Å². The van der Waals surface area contributed by atoms with E-state index in [1.807, 2.05) is 6.92 Å². The molecule has 1 saturated heterocycles. The maximum absolute atomic E-state index is 11.9. The Hall–Kier alpha value is -1.43. The highest BCUT2D eigenvalue weighted by molar-refractivity contribution is 5.82. The minimum absolute atomic E-state index is 0.0740. The van der Waals surface area contributed by atoms with Crippen molar-refractivity contribution < 1.29 is 4.79 Å². The highest BCUT2D eigenvalue weighted by Crippen LogP contribution is 2.24. The Balaban J connectivity index is 1.88. The van der Waals surface area contributed by atoms with Crippen LogP contribution in [-0.2, 0) is 18.4 Å². The number of nitrogens with one attached hydrogen (secondary N) is 2. The Bertz CT molecular complexity index is 380. The lowest BCUT2D eigenvalue weighted by Crippen LogP contribution is -2.40. The molecule has 2 N–H and O–H groups in total. The van der Waals surface area contributed by atoms with Crippen molar-refractivity contribution in [3.05, 3.63) is 12.2 Å². The lowest BCUT2D eigenvalue weighted by atomic mass is 9.89. The summed E-state index contributed by atoms with van der Waals surface area (Å²) in [5, 5.41) is 10.2. The molecular weight excluding hydrogens is 206 g/mol. The Labute approximate surface area is 94.4 Å². The first-order chi connectivity index (χ1) is 7.60. The third kappa shape index (κ3) is 2.21. The SMILES string of the molecule is Cn1cnc(CNC(=O)C2(C)CCNC2)n1. The van der Waals surface area contributed by atoms with Gasteiger partial charge in [0, 0.05) is 13.6 Å². The second kappa shape index (κ2) is 4.21. The van der Waals surface area contributed by atoms with Gasteiger partial charge in [-0.1, -0.05) is 0 Å². The van der Waals surface area contributed by atoms with Crippen molar-refractivity contribution in [1.29, 1.82) is 0 Å². The summed E-state index contributed by atoms with van der Waals surface area (Å²) in [6, 6.07) is 0. The maximum atomic E-state index is 11.9. The largest absolute Gasteiger partial charge is 0.348 e. The van der Waals surface area contributed by atoms with E-state index in [0.717, 1.165) is 19.5 Å². The minimum atomic E-state index is -0.283. The minimum Gasteiger partial charge on any atom is -0.348 e. The molecule has 1 aliphatic heterocycles. The van der Waals surface area contributed by atoms with Crippen LogP contribution in [0.15, 0.2) is 6.33 Å². The van der Waals surface area contributed by atoms with Crippen molar-refractivity contribution in [2.75, 3.05) is 13.1 Å². The monoisotopic (exact) mass is 223 g/mol. The molecule has 0 bridgehead atoms. The van der Waals surface area contributed by atoms with Gasteiger partial charge in [0.05, 0.1) is 12.0 Å². The van der Waals surface area contributed by atoms with Crippen LogP contribution in [0.2, 0.25) is 0 Å². The lowest BCUT2D eigenvalue weighted by molar-refractivity contribution is -0.129. The average molecular weight is 223 g/mol. The van der Waals surface area contributed by atoms with Gasteiger partial charge < -0.3 is 10.6 Å². The lowest BCUT2D eigenvalue weighted by Gasteiger charge is -2.20. The van der Waals surface area contributed by atoms with E-state index in [-0.39, 0.29) is 11.3 Å². The first-order valence-corrected chi connectivity index (χ1v) is 5.44. The summed E-state index contributed by atoms with van der Waals surface area (Å²) in [6.45, 7) is 4.03. The van der Waals surface area contributed by atoms with Gasteiger partial charge in [-0.05, 0) is 19.9 Å². The quantitative estimate of drug-likeness (QED) is 0.720.